The van der Waals surface area contributed by atoms with Gasteiger partial charge in [-0.3, -0.25) is 9.78 Å². The molecule has 0 unspecified atom stereocenters. The van der Waals surface area contributed by atoms with Crippen LogP contribution in [0.1, 0.15) is 36.5 Å². The van der Waals surface area contributed by atoms with Crippen molar-refractivity contribution in [1.82, 2.24) is 9.97 Å². The lowest BCUT2D eigenvalue weighted by atomic mass is 9.99. The average Bonchev–Trinajstić information content (AvgIpc) is 2.91. The van der Waals surface area contributed by atoms with Crippen LogP contribution in [0.25, 0.3) is 22.0 Å². The number of carbonyl (C=O) groups is 1. The van der Waals surface area contributed by atoms with Gasteiger partial charge in [0.1, 0.15) is 5.82 Å². The van der Waals surface area contributed by atoms with E-state index in [1.165, 1.54) is 0 Å². The first kappa shape index (κ1) is 33.7. The van der Waals surface area contributed by atoms with Crippen molar-refractivity contribution in [2.24, 2.45) is 5.73 Å². The largest absolute Gasteiger partial charge is 0.505 e. The Labute approximate surface area is 261 Å². The monoisotopic (exact) mass is 643 g/mol. The molecule has 2 aromatic carbocycles. The molecule has 2 aromatic heterocycles. The maximum Gasteiger partial charge on any atom is 0.166 e. The van der Waals surface area contributed by atoms with Crippen LogP contribution in [0.4, 0.5) is 17.2 Å². The van der Waals surface area contributed by atoms with Gasteiger partial charge in [-0.25, -0.2) is 4.98 Å². The Morgan fingerprint density at radius 3 is 2.40 bits per heavy atom. The zero-order valence-electron chi connectivity index (χ0n) is 21.6. The fourth-order valence-corrected chi connectivity index (χ4v) is 5.14. The molecule has 40 heavy (non-hydrogen) atoms. The molecule has 4 aromatic rings. The number of nitrogens with two attached hydrogens (primary N) is 1. The zero-order chi connectivity index (χ0) is 26.1. The fraction of sp³-hybridized carbons (Fsp3) is 0.250. The highest BCUT2D eigenvalue weighted by atomic mass is 35.5. The number of ketones is 1. The molecule has 5 rings (SSSR count). The summed E-state index contributed by atoms with van der Waals surface area (Å²) in [5, 5.41) is 14.5. The van der Waals surface area contributed by atoms with Crippen LogP contribution in [0.15, 0.2) is 54.9 Å². The number of phenolic OH excluding ortho intramolecular Hbond substituents is 1. The average molecular weight is 646 g/mol. The van der Waals surface area contributed by atoms with E-state index in [2.05, 4.69) is 20.2 Å². The highest BCUT2D eigenvalue weighted by molar-refractivity contribution is 6.37. The van der Waals surface area contributed by atoms with Crippen LogP contribution in [0.5, 0.6) is 5.75 Å². The standard InChI is InChI=1S/C28H27Cl2N5O2.3ClH/c1-2-25(36)21-14-32-24-7-5-16(17-11-22(29)28(37)23(30)12-17)10-20(24)27(21)34-19-6-8-26(33-13-19)35-9-3-4-18(31)15-35;;;/h5-8,10-14,18,37H,2-4,9,15,31H2,1H3,(H,32,34);3*1H/t18-;;;/m0.../s1. The quantitative estimate of drug-likeness (QED) is 0.184. The van der Waals surface area contributed by atoms with Gasteiger partial charge in [0.05, 0.1) is 38.7 Å². The number of anilines is 3. The maximum atomic E-state index is 12.9. The van der Waals surface area contributed by atoms with Crippen molar-refractivity contribution in [2.75, 3.05) is 23.3 Å². The molecule has 0 bridgehead atoms. The number of rotatable bonds is 6. The van der Waals surface area contributed by atoms with Gasteiger partial charge in [0.2, 0.25) is 0 Å². The summed E-state index contributed by atoms with van der Waals surface area (Å²) in [4.78, 5) is 24.3. The van der Waals surface area contributed by atoms with E-state index in [9.17, 15) is 9.90 Å². The number of Topliss-reactive ketones (excluding diaryl/α,β-unsaturated/α-hetero) is 1. The van der Waals surface area contributed by atoms with Crippen molar-refractivity contribution in [3.8, 4) is 16.9 Å². The van der Waals surface area contributed by atoms with Crippen molar-refractivity contribution in [3.05, 3.63) is 70.5 Å². The van der Waals surface area contributed by atoms with E-state index in [1.54, 1.807) is 24.5 Å². The summed E-state index contributed by atoms with van der Waals surface area (Å²) in [7, 11) is 0. The van der Waals surface area contributed by atoms with E-state index >= 15 is 0 Å². The van der Waals surface area contributed by atoms with Crippen LogP contribution in [0, 0.1) is 0 Å². The molecule has 0 spiro atoms. The topological polar surface area (TPSA) is 104 Å². The number of halogens is 5. The van der Waals surface area contributed by atoms with Gasteiger partial charge in [0, 0.05) is 37.1 Å². The van der Waals surface area contributed by atoms with Crippen molar-refractivity contribution >= 4 is 94.3 Å². The Kier molecular flexibility index (Phi) is 12.1. The molecule has 0 saturated carbocycles. The lowest BCUT2D eigenvalue weighted by molar-refractivity contribution is 0.0988. The first-order chi connectivity index (χ1) is 17.8. The molecule has 0 amide bonds. The van der Waals surface area contributed by atoms with Crippen molar-refractivity contribution in [1.29, 1.82) is 0 Å². The normalized spacial score (nSPS) is 14.5. The first-order valence-corrected chi connectivity index (χ1v) is 13.0. The van der Waals surface area contributed by atoms with Gasteiger partial charge < -0.3 is 21.1 Å². The van der Waals surface area contributed by atoms with Gasteiger partial charge in [0.15, 0.2) is 11.5 Å². The minimum atomic E-state index is -0.157. The van der Waals surface area contributed by atoms with Crippen LogP contribution in [0.3, 0.4) is 0 Å². The predicted molar refractivity (Wildman–Crippen MR) is 172 cm³/mol. The van der Waals surface area contributed by atoms with Gasteiger partial charge in [-0.05, 0) is 60.4 Å². The molecule has 4 N–H and O–H groups in total. The van der Waals surface area contributed by atoms with Crippen LogP contribution < -0.4 is 16.0 Å². The Hall–Kier alpha value is -2.52. The molecule has 0 radical (unpaired) electrons. The maximum absolute atomic E-state index is 12.9. The molecule has 0 aliphatic carbocycles. The molecule has 12 heteroatoms. The number of benzene rings is 2. The number of aromatic nitrogens is 2. The molecular formula is C28H30Cl5N5O2. The summed E-state index contributed by atoms with van der Waals surface area (Å²) < 4.78 is 0. The molecule has 3 heterocycles. The molecular weight excluding hydrogens is 616 g/mol. The molecule has 1 fully saturated rings. The minimum absolute atomic E-state index is 0. The highest BCUT2D eigenvalue weighted by Gasteiger charge is 2.19. The number of hydrogen-bond donors (Lipinski definition) is 3. The SMILES string of the molecule is CCC(=O)c1cnc2ccc(-c3cc(Cl)c(O)c(Cl)c3)cc2c1Nc1ccc(N2CCC[C@H](N)C2)nc1.Cl.Cl.Cl. The number of phenols is 1. The van der Waals surface area contributed by atoms with Gasteiger partial charge in [-0.2, -0.15) is 0 Å². The molecule has 1 saturated heterocycles. The van der Waals surface area contributed by atoms with E-state index < -0.39 is 0 Å². The number of aromatic hydroxyl groups is 1. The summed E-state index contributed by atoms with van der Waals surface area (Å²) >= 11 is 12.3. The Morgan fingerprint density at radius 1 is 1.05 bits per heavy atom. The highest BCUT2D eigenvalue weighted by Crippen LogP contribution is 2.38. The van der Waals surface area contributed by atoms with Crippen LogP contribution in [-0.4, -0.2) is 40.0 Å². The summed E-state index contributed by atoms with van der Waals surface area (Å²) in [5.74, 6) is 0.702. The van der Waals surface area contributed by atoms with Gasteiger partial charge in [-0.1, -0.05) is 36.2 Å². The minimum Gasteiger partial charge on any atom is -0.505 e. The fourth-order valence-electron chi connectivity index (χ4n) is 4.65. The Balaban J connectivity index is 0.00000187. The molecule has 214 valence electrons. The number of carbonyl (C=O) groups excluding carboxylic acids is 1. The smallest absolute Gasteiger partial charge is 0.166 e. The van der Waals surface area contributed by atoms with E-state index in [-0.39, 0.29) is 64.8 Å². The third-order valence-corrected chi connectivity index (χ3v) is 7.21. The number of nitrogens with one attached hydrogen (secondary N) is 1. The molecule has 1 aliphatic heterocycles. The molecule has 1 atom stereocenters. The summed E-state index contributed by atoms with van der Waals surface area (Å²) in [6, 6.07) is 13.1. The van der Waals surface area contributed by atoms with E-state index in [1.807, 2.05) is 37.3 Å². The molecule has 1 aliphatic rings. The summed E-state index contributed by atoms with van der Waals surface area (Å²) in [6.07, 6.45) is 5.81. The van der Waals surface area contributed by atoms with Crippen molar-refractivity contribution < 1.29 is 9.90 Å². The summed E-state index contributed by atoms with van der Waals surface area (Å²) in [6.45, 7) is 3.55. The third kappa shape index (κ3) is 7.03. The second-order valence-electron chi connectivity index (χ2n) is 9.22. The van der Waals surface area contributed by atoms with Crippen LogP contribution in [0.2, 0.25) is 10.0 Å². The Bertz CT molecular complexity index is 1460. The first-order valence-electron chi connectivity index (χ1n) is 12.2. The van der Waals surface area contributed by atoms with E-state index in [0.29, 0.717) is 17.7 Å². The van der Waals surface area contributed by atoms with Crippen LogP contribution in [-0.2, 0) is 0 Å². The number of fused-ring (bicyclic) bond motifs is 1. The van der Waals surface area contributed by atoms with E-state index in [4.69, 9.17) is 28.9 Å². The lowest BCUT2D eigenvalue weighted by Gasteiger charge is -2.31. The summed E-state index contributed by atoms with van der Waals surface area (Å²) in [5.41, 5.74) is 10.3. The zero-order valence-corrected chi connectivity index (χ0v) is 25.5. The third-order valence-electron chi connectivity index (χ3n) is 6.64. The van der Waals surface area contributed by atoms with Crippen molar-refractivity contribution in [3.63, 3.8) is 0 Å². The Morgan fingerprint density at radius 2 is 1.77 bits per heavy atom. The van der Waals surface area contributed by atoms with Gasteiger partial charge >= 0.3 is 0 Å². The van der Waals surface area contributed by atoms with Crippen LogP contribution >= 0.6 is 60.4 Å². The van der Waals surface area contributed by atoms with Crippen molar-refractivity contribution in [2.45, 2.75) is 32.2 Å². The predicted octanol–water partition coefficient (Wildman–Crippen LogP) is 7.84. The second kappa shape index (κ2) is 14.4. The lowest BCUT2D eigenvalue weighted by Crippen LogP contribution is -2.43. The number of piperidine rings is 1. The van der Waals surface area contributed by atoms with Gasteiger partial charge in [0.25, 0.3) is 0 Å². The number of pyridine rings is 2. The molecule has 7 nitrogen and oxygen atoms in total. The van der Waals surface area contributed by atoms with Gasteiger partial charge in [-0.15, -0.1) is 37.2 Å². The number of hydrogen-bond acceptors (Lipinski definition) is 7. The number of nitrogens with zero attached hydrogens (tertiary/aromatic N) is 3. The van der Waals surface area contributed by atoms with E-state index in [0.717, 1.165) is 59.5 Å². The second-order valence-corrected chi connectivity index (χ2v) is 10.0.